The minimum absolute atomic E-state index is 0.643. The van der Waals surface area contributed by atoms with Gasteiger partial charge in [-0.1, -0.05) is 115 Å². The van der Waals surface area contributed by atoms with Gasteiger partial charge in [0.05, 0.1) is 40.3 Å². The van der Waals surface area contributed by atoms with Crippen LogP contribution in [0.1, 0.15) is 0 Å². The van der Waals surface area contributed by atoms with Gasteiger partial charge in [-0.05, 0) is 59.3 Å². The zero-order valence-electron chi connectivity index (χ0n) is 26.4. The molecule has 49 heavy (non-hydrogen) atoms. The van der Waals surface area contributed by atoms with E-state index in [0.29, 0.717) is 17.3 Å². The Morgan fingerprint density at radius 2 is 1.10 bits per heavy atom. The van der Waals surface area contributed by atoms with E-state index in [4.69, 9.17) is 19.4 Å². The molecule has 9 rings (SSSR count). The molecule has 0 fully saturated rings. The van der Waals surface area contributed by atoms with Gasteiger partial charge in [0.15, 0.2) is 17.3 Å². The second-order valence-electron chi connectivity index (χ2n) is 11.8. The number of hydrogen-bond acceptors (Lipinski definition) is 4. The molecule has 0 aliphatic carbocycles. The number of hydrogen-bond donors (Lipinski definition) is 0. The smallest absolute Gasteiger partial charge is 0.179 e. The maximum atomic E-state index is 6.36. The summed E-state index contributed by atoms with van der Waals surface area (Å²) in [5.41, 5.74) is 7.79. The first kappa shape index (κ1) is 28.5. The number of rotatable bonds is 4. The van der Waals surface area contributed by atoms with Crippen LogP contribution in [-0.2, 0) is 0 Å². The van der Waals surface area contributed by atoms with E-state index in [0.717, 1.165) is 66.3 Å². The molecule has 0 radical (unpaired) electrons. The summed E-state index contributed by atoms with van der Waals surface area (Å²) in [6.45, 7) is 0. The van der Waals surface area contributed by atoms with E-state index in [1.54, 1.807) is 12.5 Å². The summed E-state index contributed by atoms with van der Waals surface area (Å²) in [6.07, 6.45) is 10.9. The van der Waals surface area contributed by atoms with Gasteiger partial charge in [0.2, 0.25) is 0 Å². The Morgan fingerprint density at radius 3 is 1.86 bits per heavy atom. The lowest BCUT2D eigenvalue weighted by Crippen LogP contribution is -1.98. The van der Waals surface area contributed by atoms with Crippen LogP contribution in [0.5, 0.6) is 11.5 Å². The van der Waals surface area contributed by atoms with E-state index in [2.05, 4.69) is 102 Å². The Hall–Kier alpha value is -6.72. The van der Waals surface area contributed by atoms with Crippen LogP contribution in [-0.4, -0.2) is 14.5 Å². The van der Waals surface area contributed by atoms with E-state index in [9.17, 15) is 0 Å². The van der Waals surface area contributed by atoms with Crippen molar-refractivity contribution in [1.82, 2.24) is 14.5 Å². The van der Waals surface area contributed by atoms with E-state index in [1.165, 1.54) is 0 Å². The highest BCUT2D eigenvalue weighted by Gasteiger charge is 2.22. The zero-order valence-corrected chi connectivity index (χ0v) is 26.4. The molecule has 8 aromatic rings. The normalized spacial score (nSPS) is 13.2. The molecule has 3 heterocycles. The topological polar surface area (TPSA) is 49.2 Å². The molecular formula is C44H29N3O2. The van der Waals surface area contributed by atoms with E-state index in [-0.39, 0.29) is 0 Å². The van der Waals surface area contributed by atoms with Gasteiger partial charge in [0.25, 0.3) is 0 Å². The predicted octanol–water partition coefficient (Wildman–Crippen LogP) is 11.1. The largest absolute Gasteiger partial charge is 0.461 e. The van der Waals surface area contributed by atoms with Crippen molar-refractivity contribution in [2.24, 2.45) is 0 Å². The van der Waals surface area contributed by atoms with Gasteiger partial charge in [-0.15, -0.1) is 0 Å². The molecule has 0 atom stereocenters. The molecule has 5 heteroatoms. The van der Waals surface area contributed by atoms with Crippen molar-refractivity contribution in [2.75, 3.05) is 0 Å². The molecule has 1 aliphatic heterocycles. The number of ether oxygens (including phenoxy) is 2. The second kappa shape index (κ2) is 12.1. The third kappa shape index (κ3) is 5.14. The third-order valence-electron chi connectivity index (χ3n) is 8.84. The van der Waals surface area contributed by atoms with Crippen molar-refractivity contribution in [3.05, 3.63) is 176 Å². The molecule has 0 spiro atoms. The van der Waals surface area contributed by atoms with E-state index in [1.807, 2.05) is 66.8 Å². The highest BCUT2D eigenvalue weighted by Crippen LogP contribution is 2.46. The fraction of sp³-hybridized carbons (Fsp3) is 0. The molecule has 0 amide bonds. The van der Waals surface area contributed by atoms with Crippen LogP contribution in [0.4, 0.5) is 0 Å². The summed E-state index contributed by atoms with van der Waals surface area (Å²) in [6, 6.07) is 48.0. The molecule has 0 N–H and O–H groups in total. The average Bonchev–Trinajstić information content (AvgIpc) is 3.52. The van der Waals surface area contributed by atoms with Crippen LogP contribution in [0.2, 0.25) is 0 Å². The third-order valence-corrected chi connectivity index (χ3v) is 8.84. The number of fused-ring (bicyclic) bond motifs is 7. The molecule has 2 aromatic heterocycles. The minimum atomic E-state index is 0.643. The zero-order chi connectivity index (χ0) is 32.6. The maximum Gasteiger partial charge on any atom is 0.179 e. The number of allylic oxidation sites excluding steroid dienone is 4. The minimum Gasteiger partial charge on any atom is -0.461 e. The van der Waals surface area contributed by atoms with E-state index >= 15 is 0 Å². The highest BCUT2D eigenvalue weighted by molar-refractivity contribution is 6.23. The molecule has 6 aromatic carbocycles. The van der Waals surface area contributed by atoms with Crippen molar-refractivity contribution in [2.45, 2.75) is 0 Å². The monoisotopic (exact) mass is 631 g/mol. The van der Waals surface area contributed by atoms with Crippen molar-refractivity contribution in [1.29, 1.82) is 0 Å². The van der Waals surface area contributed by atoms with Gasteiger partial charge >= 0.3 is 0 Å². The quantitative estimate of drug-likeness (QED) is 0.194. The SMILES string of the molecule is C1=C/C=C/Oc2c(ccc3c2c2c4ccccc4ccc2n3-c2cccc(-c3nc(-c4ccccc4)cc(-c4ccccc4)n3)c2)OC=C1. The molecule has 0 saturated carbocycles. The van der Waals surface area contributed by atoms with Crippen LogP contribution in [0.15, 0.2) is 176 Å². The Kier molecular flexibility index (Phi) is 7.06. The second-order valence-corrected chi connectivity index (χ2v) is 11.8. The summed E-state index contributed by atoms with van der Waals surface area (Å²) in [5.74, 6) is 1.97. The lowest BCUT2D eigenvalue weighted by molar-refractivity contribution is 0.421. The van der Waals surface area contributed by atoms with Gasteiger partial charge < -0.3 is 14.0 Å². The van der Waals surface area contributed by atoms with Gasteiger partial charge in [-0.2, -0.15) is 0 Å². The molecule has 5 nitrogen and oxygen atoms in total. The van der Waals surface area contributed by atoms with Crippen LogP contribution >= 0.6 is 0 Å². The summed E-state index contributed by atoms with van der Waals surface area (Å²) >= 11 is 0. The van der Waals surface area contributed by atoms with Crippen LogP contribution in [0, 0.1) is 0 Å². The fourth-order valence-corrected chi connectivity index (χ4v) is 6.62. The Labute approximate surface area is 283 Å². The Morgan fingerprint density at radius 1 is 0.469 bits per heavy atom. The number of aromatic nitrogens is 3. The lowest BCUT2D eigenvalue weighted by atomic mass is 10.0. The molecule has 232 valence electrons. The molecule has 0 bridgehead atoms. The maximum absolute atomic E-state index is 6.36. The van der Waals surface area contributed by atoms with E-state index < -0.39 is 0 Å². The van der Waals surface area contributed by atoms with Gasteiger partial charge in [0, 0.05) is 27.8 Å². The molecular weight excluding hydrogens is 603 g/mol. The highest BCUT2D eigenvalue weighted by atomic mass is 16.5. The molecule has 0 unspecified atom stereocenters. The van der Waals surface area contributed by atoms with Gasteiger partial charge in [-0.3, -0.25) is 0 Å². The van der Waals surface area contributed by atoms with Crippen LogP contribution in [0.3, 0.4) is 0 Å². The standard InChI is InChI=1S/C44H29N3O2/c1-2-12-27-49-43-40(48-26-11-1)25-24-39-42(43)41-35-21-10-9-14-30(35)22-23-38(41)47(39)34-20-13-19-33(28-34)44-45-36(31-15-5-3-6-16-31)29-37(46-44)32-17-7-4-8-18-32/h1-29H/b2-1?,26-11?,27-12+. The fourth-order valence-electron chi connectivity index (χ4n) is 6.62. The summed E-state index contributed by atoms with van der Waals surface area (Å²) < 4.78 is 14.8. The Balaban J connectivity index is 1.29. The van der Waals surface area contributed by atoms with Crippen LogP contribution in [0.25, 0.3) is 72.2 Å². The van der Waals surface area contributed by atoms with Gasteiger partial charge in [0.1, 0.15) is 0 Å². The van der Waals surface area contributed by atoms with Crippen molar-refractivity contribution in [3.63, 3.8) is 0 Å². The first-order chi connectivity index (χ1) is 24.3. The lowest BCUT2D eigenvalue weighted by Gasteiger charge is -2.13. The molecule has 0 saturated heterocycles. The van der Waals surface area contributed by atoms with Crippen molar-refractivity contribution < 1.29 is 9.47 Å². The summed E-state index contributed by atoms with van der Waals surface area (Å²) in [5, 5.41) is 4.36. The van der Waals surface area contributed by atoms with Crippen molar-refractivity contribution >= 4 is 32.6 Å². The average molecular weight is 632 g/mol. The number of benzene rings is 6. The first-order valence-electron chi connectivity index (χ1n) is 16.2. The van der Waals surface area contributed by atoms with Crippen molar-refractivity contribution in [3.8, 4) is 51.1 Å². The summed E-state index contributed by atoms with van der Waals surface area (Å²) in [7, 11) is 0. The van der Waals surface area contributed by atoms with Crippen LogP contribution < -0.4 is 9.47 Å². The summed E-state index contributed by atoms with van der Waals surface area (Å²) in [4.78, 5) is 10.2. The first-order valence-corrected chi connectivity index (χ1v) is 16.2. The predicted molar refractivity (Wildman–Crippen MR) is 199 cm³/mol. The Bertz CT molecular complexity index is 2540. The molecule has 1 aliphatic rings. The van der Waals surface area contributed by atoms with Gasteiger partial charge in [-0.25, -0.2) is 9.97 Å². The number of nitrogens with zero attached hydrogens (tertiary/aromatic N) is 3.